The summed E-state index contributed by atoms with van der Waals surface area (Å²) < 4.78 is 5.31. The van der Waals surface area contributed by atoms with Crippen LogP contribution in [0.5, 0.6) is 0 Å². The number of tetrazole rings is 1. The van der Waals surface area contributed by atoms with Crippen LogP contribution in [-0.4, -0.2) is 76.9 Å². The Morgan fingerprint density at radius 3 is 2.47 bits per heavy atom. The van der Waals surface area contributed by atoms with Crippen molar-refractivity contribution in [1.82, 2.24) is 30.8 Å². The van der Waals surface area contributed by atoms with Crippen molar-refractivity contribution in [3.63, 3.8) is 0 Å². The molecule has 2 rings (SSSR count). The first-order chi connectivity index (χ1) is 15.2. The van der Waals surface area contributed by atoms with Crippen molar-refractivity contribution in [2.75, 3.05) is 32.9 Å². The molecule has 2 aromatic rings. The standard InChI is InChI=1S/C21H32IN6O4/c1-22(2,3)14-18(29)24-17(21(31)32-4)12-8-9-13-23-19(30)15-28-26-20(25-27-28)16-10-6-5-7-11-16/h5-7,10-11,17H,8-9,12-15H2,1-4H3,(H,23,30)(H,24,29)/q-1/t17-/m0/s1. The molecule has 0 aliphatic rings. The average molecular weight is 559 g/mol. The number of ether oxygens (including phenoxy) is 1. The first kappa shape index (κ1) is 25.7. The molecule has 2 amide bonds. The summed E-state index contributed by atoms with van der Waals surface area (Å²) in [5.41, 5.74) is 0.831. The first-order valence-corrected chi connectivity index (χ1v) is 18.2. The third-order valence-electron chi connectivity index (χ3n) is 4.35. The van der Waals surface area contributed by atoms with E-state index in [-0.39, 0.29) is 18.4 Å². The van der Waals surface area contributed by atoms with Crippen LogP contribution in [0.4, 0.5) is 0 Å². The van der Waals surface area contributed by atoms with Crippen LogP contribution in [0.2, 0.25) is 0 Å². The molecule has 2 N–H and O–H groups in total. The molecule has 0 fully saturated rings. The van der Waals surface area contributed by atoms with Crippen LogP contribution in [0.1, 0.15) is 19.3 Å². The predicted molar refractivity (Wildman–Crippen MR) is 117 cm³/mol. The molecule has 0 saturated heterocycles. The molecule has 32 heavy (non-hydrogen) atoms. The molecule has 0 aliphatic carbocycles. The van der Waals surface area contributed by atoms with Gasteiger partial charge in [0.1, 0.15) is 0 Å². The minimum absolute atomic E-state index is 0.0292. The molecular weight excluding hydrogens is 527 g/mol. The van der Waals surface area contributed by atoms with Gasteiger partial charge in [-0.15, -0.1) is 10.2 Å². The summed E-state index contributed by atoms with van der Waals surface area (Å²) in [5, 5.41) is 17.7. The van der Waals surface area contributed by atoms with Crippen molar-refractivity contribution in [2.24, 2.45) is 0 Å². The fourth-order valence-corrected chi connectivity index (χ4v) is 5.19. The number of benzene rings is 1. The predicted octanol–water partition coefficient (Wildman–Crippen LogP) is -2.67. The zero-order valence-electron chi connectivity index (χ0n) is 19.0. The van der Waals surface area contributed by atoms with Crippen LogP contribution in [0.3, 0.4) is 0 Å². The van der Waals surface area contributed by atoms with Crippen LogP contribution >= 0.6 is 0 Å². The summed E-state index contributed by atoms with van der Waals surface area (Å²) >= 11 is -1.98. The van der Waals surface area contributed by atoms with E-state index < -0.39 is 30.4 Å². The van der Waals surface area contributed by atoms with Gasteiger partial charge in [-0.1, -0.05) is 30.3 Å². The number of nitrogens with one attached hydrogen (secondary N) is 2. The number of carbonyl (C=O) groups is 3. The van der Waals surface area contributed by atoms with Crippen LogP contribution in [-0.2, 0) is 25.7 Å². The summed E-state index contributed by atoms with van der Waals surface area (Å²) in [7, 11) is 1.31. The third-order valence-corrected chi connectivity index (χ3v) is 7.34. The Labute approximate surface area is 192 Å². The van der Waals surface area contributed by atoms with Crippen molar-refractivity contribution < 1.29 is 37.6 Å². The number of rotatable bonds is 12. The fourth-order valence-electron chi connectivity index (χ4n) is 2.89. The number of halogens is 1. The molecule has 1 atom stereocenters. The number of aromatic nitrogens is 4. The van der Waals surface area contributed by atoms with Gasteiger partial charge < -0.3 is 0 Å². The maximum atomic E-state index is 12.2. The number of amides is 2. The minimum atomic E-state index is -1.98. The van der Waals surface area contributed by atoms with Crippen molar-refractivity contribution in [1.29, 1.82) is 0 Å². The second kappa shape index (κ2) is 12.5. The van der Waals surface area contributed by atoms with Gasteiger partial charge in [0.05, 0.1) is 0 Å². The monoisotopic (exact) mass is 559 g/mol. The molecule has 1 aromatic carbocycles. The second-order valence-corrected chi connectivity index (χ2v) is 19.9. The number of carbonyl (C=O) groups excluding carboxylic acids is 3. The van der Waals surface area contributed by atoms with Gasteiger partial charge in [0, 0.05) is 5.56 Å². The van der Waals surface area contributed by atoms with E-state index in [0.29, 0.717) is 36.1 Å². The summed E-state index contributed by atoms with van der Waals surface area (Å²) in [4.78, 5) is 43.9. The van der Waals surface area contributed by atoms with E-state index in [9.17, 15) is 14.4 Å². The van der Waals surface area contributed by atoms with E-state index in [1.165, 1.54) is 11.9 Å². The fraction of sp³-hybridized carbons (Fsp3) is 0.524. The molecule has 0 radical (unpaired) electrons. The quantitative estimate of drug-likeness (QED) is 0.126. The molecule has 1 heterocycles. The molecule has 0 spiro atoms. The van der Waals surface area contributed by atoms with E-state index in [4.69, 9.17) is 4.74 Å². The molecule has 11 heteroatoms. The Hall–Kier alpha value is -2.57. The van der Waals surface area contributed by atoms with Gasteiger partial charge >= 0.3 is 135 Å². The number of alkyl halides is 4. The average Bonchev–Trinajstić information content (AvgIpc) is 3.19. The van der Waals surface area contributed by atoms with Crippen LogP contribution in [0.25, 0.3) is 11.4 Å². The molecule has 10 nitrogen and oxygen atoms in total. The van der Waals surface area contributed by atoms with Gasteiger partial charge in [0.2, 0.25) is 5.82 Å². The van der Waals surface area contributed by atoms with Gasteiger partial charge in [0.25, 0.3) is 0 Å². The summed E-state index contributed by atoms with van der Waals surface area (Å²) in [5.74, 6) is -0.317. The number of esters is 1. The van der Waals surface area contributed by atoms with Gasteiger partial charge in [-0.25, -0.2) is 0 Å². The Bertz CT molecular complexity index is 897. The molecule has 178 valence electrons. The van der Waals surface area contributed by atoms with Gasteiger partial charge in [0.15, 0.2) is 0 Å². The van der Waals surface area contributed by atoms with Crippen LogP contribution in [0.15, 0.2) is 30.3 Å². The second-order valence-electron chi connectivity index (χ2n) is 8.07. The number of hydrogen-bond donors (Lipinski definition) is 2. The molecule has 0 aliphatic heterocycles. The number of nitrogens with zero attached hydrogens (tertiary/aromatic N) is 4. The molecule has 0 bridgehead atoms. The first-order valence-electron chi connectivity index (χ1n) is 10.2. The van der Waals surface area contributed by atoms with Crippen LogP contribution < -0.4 is 29.1 Å². The van der Waals surface area contributed by atoms with Crippen molar-refractivity contribution in [3.8, 4) is 11.4 Å². The molecular formula is C21H32IN6O4-. The Morgan fingerprint density at radius 1 is 1.09 bits per heavy atom. The summed E-state index contributed by atoms with van der Waals surface area (Å²) in [6, 6.07) is 8.74. The number of hydrogen-bond acceptors (Lipinski definition) is 7. The van der Waals surface area contributed by atoms with Gasteiger partial charge in [-0.3, -0.25) is 0 Å². The van der Waals surface area contributed by atoms with Crippen molar-refractivity contribution >= 4 is 17.8 Å². The van der Waals surface area contributed by atoms with Gasteiger partial charge in [-0.2, -0.15) is 0 Å². The number of methoxy groups -OCH3 is 1. The van der Waals surface area contributed by atoms with E-state index >= 15 is 0 Å². The molecule has 1 aromatic heterocycles. The van der Waals surface area contributed by atoms with Gasteiger partial charge in [-0.05, 0) is 5.21 Å². The normalized spacial score (nSPS) is 12.6. The zero-order chi connectivity index (χ0) is 23.6. The van der Waals surface area contributed by atoms with Crippen molar-refractivity contribution in [3.05, 3.63) is 30.3 Å². The molecule has 0 unspecified atom stereocenters. The SMILES string of the molecule is COC(=O)[C@H](CCCCNC(=O)Cn1nnc(-c2ccccc2)n1)NC(=O)C[I-](C)(C)C. The zero-order valence-corrected chi connectivity index (χ0v) is 21.2. The van der Waals surface area contributed by atoms with E-state index in [1.54, 1.807) is 0 Å². The topological polar surface area (TPSA) is 128 Å². The van der Waals surface area contributed by atoms with Crippen molar-refractivity contribution in [2.45, 2.75) is 31.8 Å². The Morgan fingerprint density at radius 2 is 1.81 bits per heavy atom. The maximum absolute atomic E-state index is 12.2. The van der Waals surface area contributed by atoms with Crippen LogP contribution in [0, 0.1) is 0 Å². The van der Waals surface area contributed by atoms with E-state index in [2.05, 4.69) is 40.8 Å². The summed E-state index contributed by atoms with van der Waals surface area (Å²) in [6.45, 7) is 0.413. The Balaban J connectivity index is 1.71. The van der Waals surface area contributed by atoms with E-state index in [1.807, 2.05) is 30.3 Å². The van der Waals surface area contributed by atoms with E-state index in [0.717, 1.165) is 5.56 Å². The Kier molecular flexibility index (Phi) is 10.0. The third kappa shape index (κ3) is 9.28. The molecule has 0 saturated carbocycles. The summed E-state index contributed by atoms with van der Waals surface area (Å²) in [6.07, 6.45) is 1.76. The number of unbranched alkanes of at least 4 members (excludes halogenated alkanes) is 1.